The van der Waals surface area contributed by atoms with Crippen LogP contribution in [-0.2, 0) is 11.3 Å². The molecule has 3 heteroatoms. The minimum Gasteiger partial charge on any atom is -0.384 e. The summed E-state index contributed by atoms with van der Waals surface area (Å²) in [7, 11) is 1.55. The molecule has 0 aliphatic carbocycles. The lowest BCUT2D eigenvalue weighted by Crippen LogP contribution is -1.90. The summed E-state index contributed by atoms with van der Waals surface area (Å²) in [5, 5.41) is 8.48. The van der Waals surface area contributed by atoms with Crippen LogP contribution in [0.5, 0.6) is 0 Å². The highest BCUT2D eigenvalue weighted by atomic mass is 19.1. The van der Waals surface area contributed by atoms with Crippen LogP contribution >= 0.6 is 0 Å². The van der Waals surface area contributed by atoms with E-state index in [9.17, 15) is 4.39 Å². The van der Waals surface area contributed by atoms with Crippen LogP contribution < -0.4 is 0 Å². The fourth-order valence-corrected chi connectivity index (χ4v) is 1.11. The van der Waals surface area contributed by atoms with Crippen molar-refractivity contribution in [2.24, 2.45) is 0 Å². The van der Waals surface area contributed by atoms with Gasteiger partial charge >= 0.3 is 0 Å². The van der Waals surface area contributed by atoms with Gasteiger partial charge in [0, 0.05) is 12.7 Å². The van der Waals surface area contributed by atoms with Crippen molar-refractivity contribution < 1.29 is 14.2 Å². The SMILES string of the molecule is COCc1cc(F)cc(C#CCO)c1. The first-order valence-electron chi connectivity index (χ1n) is 4.14. The van der Waals surface area contributed by atoms with Crippen LogP contribution in [0.2, 0.25) is 0 Å². The number of halogens is 1. The van der Waals surface area contributed by atoms with Crippen molar-refractivity contribution in [1.29, 1.82) is 0 Å². The van der Waals surface area contributed by atoms with Gasteiger partial charge in [-0.2, -0.15) is 0 Å². The third-order valence-corrected chi connectivity index (χ3v) is 1.58. The van der Waals surface area contributed by atoms with Gasteiger partial charge in [-0.1, -0.05) is 11.8 Å². The maximum Gasteiger partial charge on any atom is 0.124 e. The number of aliphatic hydroxyl groups excluding tert-OH is 1. The summed E-state index contributed by atoms with van der Waals surface area (Å²) >= 11 is 0. The van der Waals surface area contributed by atoms with Crippen molar-refractivity contribution >= 4 is 0 Å². The molecule has 74 valence electrons. The van der Waals surface area contributed by atoms with Crippen LogP contribution in [0.25, 0.3) is 0 Å². The molecule has 0 unspecified atom stereocenters. The molecule has 0 spiro atoms. The van der Waals surface area contributed by atoms with E-state index in [4.69, 9.17) is 9.84 Å². The minimum absolute atomic E-state index is 0.226. The highest BCUT2D eigenvalue weighted by molar-refractivity contribution is 5.37. The van der Waals surface area contributed by atoms with Gasteiger partial charge in [0.1, 0.15) is 12.4 Å². The van der Waals surface area contributed by atoms with E-state index in [1.165, 1.54) is 12.1 Å². The third kappa shape index (κ3) is 3.17. The Hall–Kier alpha value is -1.37. The summed E-state index contributed by atoms with van der Waals surface area (Å²) in [4.78, 5) is 0. The first-order chi connectivity index (χ1) is 6.76. The maximum atomic E-state index is 13.0. The number of hydrogen-bond donors (Lipinski definition) is 1. The number of aliphatic hydroxyl groups is 1. The Bertz CT molecular complexity index is 363. The summed E-state index contributed by atoms with van der Waals surface area (Å²) in [5.74, 6) is 4.75. The van der Waals surface area contributed by atoms with E-state index in [1.807, 2.05) is 0 Å². The van der Waals surface area contributed by atoms with Crippen LogP contribution in [0.15, 0.2) is 18.2 Å². The molecular formula is C11H11FO2. The first-order valence-corrected chi connectivity index (χ1v) is 4.14. The molecule has 0 atom stereocenters. The second-order valence-electron chi connectivity index (χ2n) is 2.74. The highest BCUT2D eigenvalue weighted by Gasteiger charge is 1.98. The second kappa shape index (κ2) is 5.38. The zero-order valence-electron chi connectivity index (χ0n) is 7.88. The van der Waals surface area contributed by atoms with E-state index in [1.54, 1.807) is 13.2 Å². The molecule has 0 radical (unpaired) electrons. The lowest BCUT2D eigenvalue weighted by atomic mass is 10.1. The maximum absolute atomic E-state index is 13.0. The molecule has 2 nitrogen and oxygen atoms in total. The summed E-state index contributed by atoms with van der Waals surface area (Å²) in [5.41, 5.74) is 1.28. The van der Waals surface area contributed by atoms with Crippen LogP contribution in [0, 0.1) is 17.7 Å². The molecule has 14 heavy (non-hydrogen) atoms. The molecule has 0 heterocycles. The lowest BCUT2D eigenvalue weighted by Gasteiger charge is -2.00. The van der Waals surface area contributed by atoms with E-state index in [-0.39, 0.29) is 12.4 Å². The Balaban J connectivity index is 2.94. The van der Waals surface area contributed by atoms with Crippen LogP contribution in [0.1, 0.15) is 11.1 Å². The predicted octanol–water partition coefficient (Wildman–Crippen LogP) is 1.32. The van der Waals surface area contributed by atoms with Gasteiger partial charge in [0.15, 0.2) is 0 Å². The van der Waals surface area contributed by atoms with Crippen LogP contribution in [0.4, 0.5) is 4.39 Å². The van der Waals surface area contributed by atoms with Crippen molar-refractivity contribution in [1.82, 2.24) is 0 Å². The number of ether oxygens (including phenoxy) is 1. The third-order valence-electron chi connectivity index (χ3n) is 1.58. The molecule has 0 amide bonds. The molecule has 1 N–H and O–H groups in total. The molecule has 1 aromatic rings. The molecule has 0 bridgehead atoms. The number of hydrogen-bond acceptors (Lipinski definition) is 2. The van der Waals surface area contributed by atoms with Crippen molar-refractivity contribution in [3.63, 3.8) is 0 Å². The molecule has 0 aliphatic heterocycles. The Morgan fingerprint density at radius 1 is 1.43 bits per heavy atom. The number of methoxy groups -OCH3 is 1. The van der Waals surface area contributed by atoms with E-state index >= 15 is 0 Å². The zero-order valence-corrected chi connectivity index (χ0v) is 7.88. The number of benzene rings is 1. The van der Waals surface area contributed by atoms with Crippen molar-refractivity contribution in [2.45, 2.75) is 6.61 Å². The molecule has 1 rings (SSSR count). The zero-order chi connectivity index (χ0) is 10.4. The van der Waals surface area contributed by atoms with Gasteiger partial charge in [-0.25, -0.2) is 4.39 Å². The minimum atomic E-state index is -0.346. The molecule has 0 saturated carbocycles. The van der Waals surface area contributed by atoms with Crippen molar-refractivity contribution in [3.05, 3.63) is 35.1 Å². The summed E-state index contributed by atoms with van der Waals surface area (Å²) in [6.07, 6.45) is 0. The predicted molar refractivity (Wildman–Crippen MR) is 51.1 cm³/mol. The standard InChI is InChI=1S/C11H11FO2/c1-14-8-10-5-9(3-2-4-13)6-11(12)7-10/h5-7,13H,4,8H2,1H3. The fraction of sp³-hybridized carbons (Fsp3) is 0.273. The Morgan fingerprint density at radius 2 is 2.21 bits per heavy atom. The van der Waals surface area contributed by atoms with Crippen LogP contribution in [-0.4, -0.2) is 18.8 Å². The lowest BCUT2D eigenvalue weighted by molar-refractivity contribution is 0.184. The molecule has 0 fully saturated rings. The van der Waals surface area contributed by atoms with Crippen molar-refractivity contribution in [2.75, 3.05) is 13.7 Å². The summed E-state index contributed by atoms with van der Waals surface area (Å²) < 4.78 is 17.9. The second-order valence-corrected chi connectivity index (χ2v) is 2.74. The average molecular weight is 194 g/mol. The van der Waals surface area contributed by atoms with Gasteiger partial charge in [0.05, 0.1) is 6.61 Å². The molecule has 1 aromatic carbocycles. The van der Waals surface area contributed by atoms with Crippen LogP contribution in [0.3, 0.4) is 0 Å². The first kappa shape index (κ1) is 10.7. The smallest absolute Gasteiger partial charge is 0.124 e. The molecule has 0 saturated heterocycles. The number of rotatable bonds is 2. The van der Waals surface area contributed by atoms with Gasteiger partial charge in [-0.15, -0.1) is 0 Å². The van der Waals surface area contributed by atoms with Gasteiger partial charge in [-0.05, 0) is 23.8 Å². The average Bonchev–Trinajstić information content (AvgIpc) is 2.14. The molecule has 0 aromatic heterocycles. The Labute approximate surface area is 82.3 Å². The monoisotopic (exact) mass is 194 g/mol. The normalized spacial score (nSPS) is 9.36. The molecule has 0 aliphatic rings. The van der Waals surface area contributed by atoms with Gasteiger partial charge in [-0.3, -0.25) is 0 Å². The largest absolute Gasteiger partial charge is 0.384 e. The Morgan fingerprint density at radius 3 is 2.86 bits per heavy atom. The Kier molecular flexibility index (Phi) is 4.11. The van der Waals surface area contributed by atoms with Gasteiger partial charge in [0.25, 0.3) is 0 Å². The van der Waals surface area contributed by atoms with Gasteiger partial charge < -0.3 is 9.84 Å². The fourth-order valence-electron chi connectivity index (χ4n) is 1.11. The van der Waals surface area contributed by atoms with E-state index in [0.29, 0.717) is 12.2 Å². The topological polar surface area (TPSA) is 29.5 Å². The van der Waals surface area contributed by atoms with E-state index in [2.05, 4.69) is 11.8 Å². The van der Waals surface area contributed by atoms with E-state index < -0.39 is 0 Å². The van der Waals surface area contributed by atoms with Crippen molar-refractivity contribution in [3.8, 4) is 11.8 Å². The molecular weight excluding hydrogens is 183 g/mol. The summed E-state index contributed by atoms with van der Waals surface area (Å²) in [6, 6.07) is 4.45. The quantitative estimate of drug-likeness (QED) is 0.719. The van der Waals surface area contributed by atoms with E-state index in [0.717, 1.165) is 5.56 Å². The van der Waals surface area contributed by atoms with Gasteiger partial charge in [0.2, 0.25) is 0 Å². The summed E-state index contributed by atoms with van der Waals surface area (Å²) in [6.45, 7) is 0.127. The highest BCUT2D eigenvalue weighted by Crippen LogP contribution is 2.09.